The fourth-order valence-electron chi connectivity index (χ4n) is 1.24. The van der Waals surface area contributed by atoms with E-state index >= 15 is 0 Å². The average Bonchev–Trinajstić information content (AvgIpc) is 2.53. The third kappa shape index (κ3) is 1.19. The van der Waals surface area contributed by atoms with Crippen molar-refractivity contribution in [2.75, 3.05) is 0 Å². The molecule has 5 nitrogen and oxygen atoms in total. The van der Waals surface area contributed by atoms with Crippen LogP contribution < -0.4 is 0 Å². The Balaban J connectivity index is 2.51. The molecular formula is C7H5N2O3S+. The van der Waals surface area contributed by atoms with Crippen LogP contribution in [0.5, 0.6) is 0 Å². The van der Waals surface area contributed by atoms with Gasteiger partial charge in [0.05, 0.1) is 11.0 Å². The Kier molecular flexibility index (Phi) is 1.77. The molecule has 2 aliphatic rings. The lowest BCUT2D eigenvalue weighted by molar-refractivity contribution is -0.493. The molecule has 0 aromatic carbocycles. The molecule has 0 fully saturated rings. The Morgan fingerprint density at radius 2 is 2.31 bits per heavy atom. The Labute approximate surface area is 77.5 Å². The van der Waals surface area contributed by atoms with Crippen LogP contribution in [0.2, 0.25) is 0 Å². The Morgan fingerprint density at radius 1 is 1.54 bits per heavy atom. The van der Waals surface area contributed by atoms with Crippen LogP contribution in [0.3, 0.4) is 0 Å². The van der Waals surface area contributed by atoms with Crippen molar-refractivity contribution in [2.24, 2.45) is 0 Å². The van der Waals surface area contributed by atoms with E-state index in [1.807, 2.05) is 0 Å². The maximum atomic E-state index is 11.2. The van der Waals surface area contributed by atoms with Gasteiger partial charge in [-0.2, -0.15) is 0 Å². The van der Waals surface area contributed by atoms with Gasteiger partial charge in [0.2, 0.25) is 6.20 Å². The zero-order valence-electron chi connectivity index (χ0n) is 6.41. The van der Waals surface area contributed by atoms with Crippen molar-refractivity contribution in [1.82, 2.24) is 0 Å². The molecule has 2 rings (SSSR count). The molecule has 0 saturated heterocycles. The van der Waals surface area contributed by atoms with Crippen molar-refractivity contribution in [2.45, 2.75) is 5.37 Å². The summed E-state index contributed by atoms with van der Waals surface area (Å²) in [5.74, 6) is 0. The highest BCUT2D eigenvalue weighted by Crippen LogP contribution is 2.34. The first-order chi connectivity index (χ1) is 6.20. The van der Waals surface area contributed by atoms with Crippen LogP contribution in [-0.2, 0) is 0 Å². The molecule has 0 saturated carbocycles. The van der Waals surface area contributed by atoms with E-state index in [-0.39, 0.29) is 5.70 Å². The van der Waals surface area contributed by atoms with E-state index in [0.29, 0.717) is 10.3 Å². The first kappa shape index (κ1) is 8.18. The van der Waals surface area contributed by atoms with E-state index < -0.39 is 10.3 Å². The molecule has 2 heterocycles. The molecule has 1 unspecified atom stereocenters. The van der Waals surface area contributed by atoms with Crippen molar-refractivity contribution in [3.05, 3.63) is 50.1 Å². The van der Waals surface area contributed by atoms with E-state index in [1.165, 1.54) is 24.0 Å². The molecule has 13 heavy (non-hydrogen) atoms. The van der Waals surface area contributed by atoms with Gasteiger partial charge in [-0.05, 0) is 11.5 Å². The summed E-state index contributed by atoms with van der Waals surface area (Å²) < 4.78 is 0.715. The summed E-state index contributed by atoms with van der Waals surface area (Å²) >= 11 is 1.27. The quantitative estimate of drug-likeness (QED) is 0.362. The fourth-order valence-corrected chi connectivity index (χ4v) is 2.15. The number of nitro groups is 1. The summed E-state index contributed by atoms with van der Waals surface area (Å²) in [5.41, 5.74) is 0.492. The molecule has 6 heteroatoms. The normalized spacial score (nSPS) is 25.2. The summed E-state index contributed by atoms with van der Waals surface area (Å²) in [7, 11) is 0. The van der Waals surface area contributed by atoms with E-state index in [9.17, 15) is 15.0 Å². The highest BCUT2D eigenvalue weighted by Gasteiger charge is 2.39. The van der Waals surface area contributed by atoms with Gasteiger partial charge >= 0.3 is 0 Å². The van der Waals surface area contributed by atoms with Gasteiger partial charge in [0, 0.05) is 9.67 Å². The monoisotopic (exact) mass is 197 g/mol. The molecule has 1 atom stereocenters. The van der Waals surface area contributed by atoms with Crippen LogP contribution in [0, 0.1) is 15.0 Å². The Hall–Kier alpha value is -1.43. The fraction of sp³-hybridized carbons (Fsp3) is 0.143. The molecule has 0 aliphatic carbocycles. The first-order valence-electron chi connectivity index (χ1n) is 3.54. The van der Waals surface area contributed by atoms with Crippen molar-refractivity contribution in [3.63, 3.8) is 0 Å². The van der Waals surface area contributed by atoms with Gasteiger partial charge in [-0.15, -0.1) is 0 Å². The van der Waals surface area contributed by atoms with E-state index in [4.69, 9.17) is 0 Å². The average molecular weight is 197 g/mol. The van der Waals surface area contributed by atoms with Crippen LogP contribution in [0.15, 0.2) is 35.0 Å². The molecule has 0 N–H and O–H groups in total. The van der Waals surface area contributed by atoms with E-state index in [1.54, 1.807) is 11.5 Å². The molecule has 0 aromatic rings. The van der Waals surface area contributed by atoms with Crippen LogP contribution in [-0.4, -0.2) is 15.1 Å². The lowest BCUT2D eigenvalue weighted by Crippen LogP contribution is -2.21. The maximum absolute atomic E-state index is 11.2. The largest absolute Gasteiger partial charge is 0.288 e. The SMILES string of the molecule is O=[N+]([O-])C1=C2C=CSC2[N+](=O)C=C1. The van der Waals surface area contributed by atoms with Crippen molar-refractivity contribution < 1.29 is 9.68 Å². The summed E-state index contributed by atoms with van der Waals surface area (Å²) in [5, 5.41) is 11.8. The van der Waals surface area contributed by atoms with Crippen molar-refractivity contribution in [1.29, 1.82) is 0 Å². The number of hydrogen-bond acceptors (Lipinski definition) is 4. The third-order valence-electron chi connectivity index (χ3n) is 1.82. The zero-order valence-corrected chi connectivity index (χ0v) is 7.23. The predicted octanol–water partition coefficient (Wildman–Crippen LogP) is 1.41. The number of rotatable bonds is 1. The number of nitroso groups, excluding NO2 is 1. The van der Waals surface area contributed by atoms with Crippen LogP contribution >= 0.6 is 11.8 Å². The highest BCUT2D eigenvalue weighted by atomic mass is 32.2. The number of thioether (sulfide) groups is 1. The number of nitrogens with zero attached hydrogens (tertiary/aromatic N) is 2. The minimum absolute atomic E-state index is 0.0124. The Morgan fingerprint density at radius 3 is 3.00 bits per heavy atom. The van der Waals surface area contributed by atoms with Gasteiger partial charge in [-0.3, -0.25) is 10.1 Å². The van der Waals surface area contributed by atoms with Gasteiger partial charge in [-0.1, -0.05) is 11.8 Å². The molecule has 0 radical (unpaired) electrons. The number of fused-ring (bicyclic) bond motifs is 1. The molecule has 0 aromatic heterocycles. The Bertz CT molecular complexity index is 383. The minimum Gasteiger partial charge on any atom is -0.258 e. The zero-order chi connectivity index (χ0) is 9.42. The standard InChI is InChI=1S/C7H5N2O3S/c10-8-3-1-6(9(11)12)5-2-4-13-7(5)8/h1-4,7H/q+1. The van der Waals surface area contributed by atoms with Gasteiger partial charge < -0.3 is 0 Å². The van der Waals surface area contributed by atoms with Gasteiger partial charge in [0.25, 0.3) is 11.1 Å². The lowest BCUT2D eigenvalue weighted by atomic mass is 10.1. The molecule has 2 aliphatic heterocycles. The lowest BCUT2D eigenvalue weighted by Gasteiger charge is -2.03. The molecular weight excluding hydrogens is 192 g/mol. The molecule has 0 amide bonds. The summed E-state index contributed by atoms with van der Waals surface area (Å²) in [4.78, 5) is 21.2. The second-order valence-electron chi connectivity index (χ2n) is 2.56. The molecule has 66 valence electrons. The van der Waals surface area contributed by atoms with Crippen molar-refractivity contribution >= 4 is 11.8 Å². The maximum Gasteiger partial charge on any atom is 0.288 e. The topological polar surface area (TPSA) is 63.2 Å². The third-order valence-corrected chi connectivity index (χ3v) is 2.84. The van der Waals surface area contributed by atoms with E-state index in [0.717, 1.165) is 0 Å². The van der Waals surface area contributed by atoms with Gasteiger partial charge in [0.1, 0.15) is 5.57 Å². The first-order valence-corrected chi connectivity index (χ1v) is 4.48. The van der Waals surface area contributed by atoms with Crippen molar-refractivity contribution in [3.8, 4) is 0 Å². The summed E-state index contributed by atoms with van der Waals surface area (Å²) in [6.07, 6.45) is 4.03. The molecule has 0 bridgehead atoms. The second-order valence-corrected chi connectivity index (χ2v) is 3.56. The minimum atomic E-state index is -0.470. The summed E-state index contributed by atoms with van der Waals surface area (Å²) in [6.45, 7) is 0. The second kappa shape index (κ2) is 2.81. The molecule has 0 spiro atoms. The van der Waals surface area contributed by atoms with Crippen LogP contribution in [0.4, 0.5) is 0 Å². The van der Waals surface area contributed by atoms with Gasteiger partial charge in [-0.25, -0.2) is 0 Å². The van der Waals surface area contributed by atoms with Crippen LogP contribution in [0.25, 0.3) is 0 Å². The van der Waals surface area contributed by atoms with Gasteiger partial charge in [0.15, 0.2) is 0 Å². The highest BCUT2D eigenvalue weighted by molar-refractivity contribution is 8.03. The number of hydrogen-bond donors (Lipinski definition) is 0. The predicted molar refractivity (Wildman–Crippen MR) is 47.3 cm³/mol. The summed E-state index contributed by atoms with van der Waals surface area (Å²) in [6, 6.07) is 0. The smallest absolute Gasteiger partial charge is 0.258 e. The van der Waals surface area contributed by atoms with E-state index in [2.05, 4.69) is 0 Å². The van der Waals surface area contributed by atoms with Crippen LogP contribution in [0.1, 0.15) is 0 Å². The number of allylic oxidation sites excluding steroid dienone is 1.